The van der Waals surface area contributed by atoms with E-state index < -0.39 is 5.97 Å². The van der Waals surface area contributed by atoms with E-state index in [2.05, 4.69) is 0 Å². The maximum atomic E-state index is 10.6. The normalized spacial score (nSPS) is 15.9. The van der Waals surface area contributed by atoms with Crippen LogP contribution in [0.3, 0.4) is 0 Å². The number of halogens is 2. The first kappa shape index (κ1) is 11.7. The van der Waals surface area contributed by atoms with Crippen molar-refractivity contribution in [2.75, 3.05) is 13.1 Å². The molecule has 0 radical (unpaired) electrons. The number of carboxylic acid groups (broad SMARTS) is 1. The Labute approximate surface area is 104 Å². The predicted octanol–water partition coefficient (Wildman–Crippen LogP) is 2.44. The summed E-state index contributed by atoms with van der Waals surface area (Å²) in [6.07, 6.45) is 0.795. The minimum absolute atomic E-state index is 0.0540. The van der Waals surface area contributed by atoms with Gasteiger partial charge in [-0.25, -0.2) is 0 Å². The third-order valence-electron chi connectivity index (χ3n) is 2.69. The van der Waals surface area contributed by atoms with Gasteiger partial charge in [0.1, 0.15) is 0 Å². The highest BCUT2D eigenvalue weighted by Crippen LogP contribution is 2.29. The maximum Gasteiger partial charge on any atom is 0.317 e. The number of rotatable bonds is 2. The quantitative estimate of drug-likeness (QED) is 0.887. The first-order valence-corrected chi connectivity index (χ1v) is 5.73. The van der Waals surface area contributed by atoms with Crippen molar-refractivity contribution >= 4 is 29.2 Å². The number of aliphatic carboxylic acids is 1. The highest BCUT2D eigenvalue weighted by molar-refractivity contribution is 6.35. The summed E-state index contributed by atoms with van der Waals surface area (Å²) in [5, 5.41) is 9.99. The molecular weight excluding hydrogens is 249 g/mol. The highest BCUT2D eigenvalue weighted by Gasteiger charge is 2.20. The van der Waals surface area contributed by atoms with Gasteiger partial charge in [-0.05, 0) is 29.7 Å². The molecule has 0 unspecified atom stereocenters. The van der Waals surface area contributed by atoms with Gasteiger partial charge in [-0.15, -0.1) is 0 Å². The molecule has 0 bridgehead atoms. The Bertz CT molecular complexity index is 434. The summed E-state index contributed by atoms with van der Waals surface area (Å²) in [6.45, 7) is 1.37. The number of fused-ring (bicyclic) bond motifs is 1. The third-order valence-corrected chi connectivity index (χ3v) is 3.25. The van der Waals surface area contributed by atoms with Crippen molar-refractivity contribution in [2.45, 2.75) is 13.0 Å². The standard InChI is InChI=1S/C11H11Cl2NO2/c12-8-3-7-1-2-14(6-11(15)16)5-9(7)10(13)4-8/h3-4H,1-2,5-6H2,(H,15,16). The van der Waals surface area contributed by atoms with Crippen molar-refractivity contribution in [1.82, 2.24) is 4.90 Å². The summed E-state index contributed by atoms with van der Waals surface area (Å²) in [5.41, 5.74) is 2.12. The van der Waals surface area contributed by atoms with E-state index in [1.54, 1.807) is 6.07 Å². The zero-order valence-electron chi connectivity index (χ0n) is 8.54. The Morgan fingerprint density at radius 3 is 2.88 bits per heavy atom. The number of hydrogen-bond acceptors (Lipinski definition) is 2. The summed E-state index contributed by atoms with van der Waals surface area (Å²) in [7, 11) is 0. The molecule has 3 nitrogen and oxygen atoms in total. The van der Waals surface area contributed by atoms with Gasteiger partial charge in [-0.2, -0.15) is 0 Å². The van der Waals surface area contributed by atoms with Crippen molar-refractivity contribution < 1.29 is 9.90 Å². The summed E-state index contributed by atoms with van der Waals surface area (Å²) in [5.74, 6) is -0.812. The lowest BCUT2D eigenvalue weighted by Gasteiger charge is -2.28. The van der Waals surface area contributed by atoms with E-state index in [4.69, 9.17) is 28.3 Å². The van der Waals surface area contributed by atoms with Crippen LogP contribution < -0.4 is 0 Å². The van der Waals surface area contributed by atoms with Crippen LogP contribution in [0.25, 0.3) is 0 Å². The first-order valence-electron chi connectivity index (χ1n) is 4.97. The Morgan fingerprint density at radius 2 is 2.19 bits per heavy atom. The molecular formula is C11H11Cl2NO2. The Kier molecular flexibility index (Phi) is 3.38. The summed E-state index contributed by atoms with van der Waals surface area (Å²) < 4.78 is 0. The van der Waals surface area contributed by atoms with E-state index in [-0.39, 0.29) is 6.54 Å². The summed E-state index contributed by atoms with van der Waals surface area (Å²) in [6, 6.07) is 3.60. The van der Waals surface area contributed by atoms with Crippen LogP contribution >= 0.6 is 23.2 Å². The molecule has 16 heavy (non-hydrogen) atoms. The lowest BCUT2D eigenvalue weighted by molar-refractivity contribution is -0.138. The molecule has 1 aliphatic rings. The van der Waals surface area contributed by atoms with Crippen molar-refractivity contribution in [1.29, 1.82) is 0 Å². The fourth-order valence-corrected chi connectivity index (χ4v) is 2.56. The SMILES string of the molecule is O=C(O)CN1CCc2cc(Cl)cc(Cl)c2C1. The van der Waals surface area contributed by atoms with E-state index in [0.717, 1.165) is 24.1 Å². The zero-order valence-corrected chi connectivity index (χ0v) is 10.1. The number of benzene rings is 1. The molecule has 1 heterocycles. The molecule has 0 spiro atoms. The first-order chi connectivity index (χ1) is 7.56. The second-order valence-corrected chi connectivity index (χ2v) is 4.72. The minimum atomic E-state index is -0.812. The molecule has 0 amide bonds. The van der Waals surface area contributed by atoms with Crippen LogP contribution in [0.4, 0.5) is 0 Å². The molecule has 2 rings (SSSR count). The predicted molar refractivity (Wildman–Crippen MR) is 63.1 cm³/mol. The van der Waals surface area contributed by atoms with Crippen LogP contribution in [-0.2, 0) is 17.8 Å². The van der Waals surface area contributed by atoms with Crippen LogP contribution in [0, 0.1) is 0 Å². The topological polar surface area (TPSA) is 40.5 Å². The van der Waals surface area contributed by atoms with Gasteiger partial charge >= 0.3 is 5.97 Å². The Balaban J connectivity index is 2.23. The molecule has 5 heteroatoms. The van der Waals surface area contributed by atoms with Gasteiger partial charge in [-0.1, -0.05) is 23.2 Å². The van der Waals surface area contributed by atoms with Crippen LogP contribution in [0.2, 0.25) is 10.0 Å². The van der Waals surface area contributed by atoms with Crippen molar-refractivity contribution in [3.05, 3.63) is 33.3 Å². The van der Waals surface area contributed by atoms with Gasteiger partial charge in [0.15, 0.2) is 0 Å². The largest absolute Gasteiger partial charge is 0.480 e. The Morgan fingerprint density at radius 1 is 1.44 bits per heavy atom. The third kappa shape index (κ3) is 2.48. The molecule has 0 fully saturated rings. The molecule has 0 aromatic heterocycles. The Hall–Kier alpha value is -0.770. The molecule has 1 N–H and O–H groups in total. The van der Waals surface area contributed by atoms with Gasteiger partial charge in [0.2, 0.25) is 0 Å². The highest BCUT2D eigenvalue weighted by atomic mass is 35.5. The summed E-state index contributed by atoms with van der Waals surface area (Å²) >= 11 is 12.0. The van der Waals surface area contributed by atoms with Gasteiger partial charge in [0.25, 0.3) is 0 Å². The van der Waals surface area contributed by atoms with Gasteiger partial charge in [0, 0.05) is 23.1 Å². The number of hydrogen-bond donors (Lipinski definition) is 1. The monoisotopic (exact) mass is 259 g/mol. The summed E-state index contributed by atoms with van der Waals surface area (Å²) in [4.78, 5) is 12.5. The lowest BCUT2D eigenvalue weighted by Crippen LogP contribution is -2.34. The second kappa shape index (κ2) is 4.62. The van der Waals surface area contributed by atoms with Crippen LogP contribution in [0.1, 0.15) is 11.1 Å². The lowest BCUT2D eigenvalue weighted by atomic mass is 10.00. The molecule has 1 aromatic carbocycles. The van der Waals surface area contributed by atoms with Crippen LogP contribution in [-0.4, -0.2) is 29.1 Å². The molecule has 1 aromatic rings. The van der Waals surface area contributed by atoms with Crippen molar-refractivity contribution in [3.63, 3.8) is 0 Å². The average Bonchev–Trinajstić information content (AvgIpc) is 2.18. The van der Waals surface area contributed by atoms with Crippen LogP contribution in [0.15, 0.2) is 12.1 Å². The van der Waals surface area contributed by atoms with Crippen molar-refractivity contribution in [3.8, 4) is 0 Å². The van der Waals surface area contributed by atoms with Gasteiger partial charge < -0.3 is 5.11 Å². The van der Waals surface area contributed by atoms with E-state index in [9.17, 15) is 4.79 Å². The molecule has 86 valence electrons. The zero-order chi connectivity index (χ0) is 11.7. The van der Waals surface area contributed by atoms with E-state index in [1.165, 1.54) is 0 Å². The van der Waals surface area contributed by atoms with Gasteiger partial charge in [0.05, 0.1) is 6.54 Å². The smallest absolute Gasteiger partial charge is 0.317 e. The fourth-order valence-electron chi connectivity index (χ4n) is 1.96. The van der Waals surface area contributed by atoms with Crippen molar-refractivity contribution in [2.24, 2.45) is 0 Å². The molecule has 0 atom stereocenters. The number of carbonyl (C=O) groups is 1. The average molecular weight is 260 g/mol. The van der Waals surface area contributed by atoms with E-state index in [1.807, 2.05) is 11.0 Å². The van der Waals surface area contributed by atoms with E-state index >= 15 is 0 Å². The number of nitrogens with zero attached hydrogens (tertiary/aromatic N) is 1. The molecule has 1 aliphatic heterocycles. The molecule has 0 saturated carbocycles. The van der Waals surface area contributed by atoms with E-state index in [0.29, 0.717) is 16.6 Å². The number of carboxylic acids is 1. The van der Waals surface area contributed by atoms with Crippen LogP contribution in [0.5, 0.6) is 0 Å². The second-order valence-electron chi connectivity index (χ2n) is 3.88. The minimum Gasteiger partial charge on any atom is -0.480 e. The fraction of sp³-hybridized carbons (Fsp3) is 0.364. The molecule has 0 saturated heterocycles. The van der Waals surface area contributed by atoms with Gasteiger partial charge in [-0.3, -0.25) is 9.69 Å². The molecule has 0 aliphatic carbocycles. The maximum absolute atomic E-state index is 10.6.